The van der Waals surface area contributed by atoms with Crippen LogP contribution in [0.5, 0.6) is 0 Å². The molecule has 1 aromatic heterocycles. The first-order chi connectivity index (χ1) is 9.16. The molecule has 0 fully saturated rings. The zero-order chi connectivity index (χ0) is 13.7. The maximum Gasteiger partial charge on any atom is 0.0296 e. The van der Waals surface area contributed by atoms with Crippen LogP contribution in [0.25, 0.3) is 0 Å². The molecule has 100 valence electrons. The Balaban J connectivity index is 1.92. The molecule has 1 N–H and O–H groups in total. The molecule has 0 amide bonds. The molecule has 1 aromatic carbocycles. The van der Waals surface area contributed by atoms with Gasteiger partial charge in [0.05, 0.1) is 0 Å². The Labute approximate surface area is 115 Å². The predicted octanol–water partition coefficient (Wildman–Crippen LogP) is 4.06. The summed E-state index contributed by atoms with van der Waals surface area (Å²) >= 11 is 0. The second-order valence-corrected chi connectivity index (χ2v) is 5.28. The molecule has 0 unspecified atom stereocenters. The summed E-state index contributed by atoms with van der Waals surface area (Å²) in [5.74, 6) is 0.595. The van der Waals surface area contributed by atoms with E-state index in [4.69, 9.17) is 0 Å². The van der Waals surface area contributed by atoms with Crippen LogP contribution in [0, 0.1) is 0 Å². The molecule has 0 aliphatic carbocycles. The summed E-state index contributed by atoms with van der Waals surface area (Å²) in [6, 6.07) is 13.3. The van der Waals surface area contributed by atoms with Crippen molar-refractivity contribution in [1.82, 2.24) is 10.3 Å². The number of aromatic nitrogens is 1. The van der Waals surface area contributed by atoms with E-state index >= 15 is 0 Å². The normalized spacial score (nSPS) is 12.6. The van der Waals surface area contributed by atoms with Crippen LogP contribution in [0.1, 0.15) is 49.4 Å². The van der Waals surface area contributed by atoms with Crippen molar-refractivity contribution in [2.24, 2.45) is 0 Å². The highest BCUT2D eigenvalue weighted by Gasteiger charge is 2.04. The van der Waals surface area contributed by atoms with E-state index in [1.807, 2.05) is 12.4 Å². The molecule has 1 atom stereocenters. The largest absolute Gasteiger partial charge is 0.306 e. The van der Waals surface area contributed by atoms with E-state index in [0.29, 0.717) is 12.0 Å². The third-order valence-corrected chi connectivity index (χ3v) is 3.46. The van der Waals surface area contributed by atoms with E-state index in [1.54, 1.807) is 0 Å². The van der Waals surface area contributed by atoms with Crippen molar-refractivity contribution in [2.75, 3.05) is 0 Å². The van der Waals surface area contributed by atoms with Gasteiger partial charge in [0, 0.05) is 25.0 Å². The minimum Gasteiger partial charge on any atom is -0.306 e. The summed E-state index contributed by atoms with van der Waals surface area (Å²) in [6.07, 6.45) is 3.68. The van der Waals surface area contributed by atoms with E-state index in [-0.39, 0.29) is 0 Å². The summed E-state index contributed by atoms with van der Waals surface area (Å²) in [5.41, 5.74) is 3.99. The molecule has 0 bridgehead atoms. The van der Waals surface area contributed by atoms with Crippen molar-refractivity contribution in [1.29, 1.82) is 0 Å². The van der Waals surface area contributed by atoms with E-state index in [2.05, 4.69) is 67.5 Å². The average Bonchev–Trinajstić information content (AvgIpc) is 2.46. The van der Waals surface area contributed by atoms with Crippen molar-refractivity contribution in [3.63, 3.8) is 0 Å². The van der Waals surface area contributed by atoms with Crippen LogP contribution in [0.2, 0.25) is 0 Å². The molecule has 0 saturated carbocycles. The van der Waals surface area contributed by atoms with Crippen molar-refractivity contribution < 1.29 is 0 Å². The van der Waals surface area contributed by atoms with Gasteiger partial charge in [-0.2, -0.15) is 0 Å². The fourth-order valence-electron chi connectivity index (χ4n) is 2.06. The molecule has 0 aliphatic rings. The first kappa shape index (κ1) is 13.8. The van der Waals surface area contributed by atoms with Crippen molar-refractivity contribution in [2.45, 2.75) is 39.3 Å². The molecule has 2 nitrogen and oxygen atoms in total. The van der Waals surface area contributed by atoms with Gasteiger partial charge in [-0.1, -0.05) is 38.1 Å². The highest BCUT2D eigenvalue weighted by atomic mass is 14.9. The van der Waals surface area contributed by atoms with Gasteiger partial charge in [-0.25, -0.2) is 0 Å². The smallest absolute Gasteiger partial charge is 0.0296 e. The lowest BCUT2D eigenvalue weighted by atomic mass is 10.0. The van der Waals surface area contributed by atoms with Gasteiger partial charge in [-0.15, -0.1) is 0 Å². The lowest BCUT2D eigenvalue weighted by Gasteiger charge is -2.14. The van der Waals surface area contributed by atoms with Gasteiger partial charge in [0.25, 0.3) is 0 Å². The Morgan fingerprint density at radius 2 is 1.53 bits per heavy atom. The Kier molecular flexibility index (Phi) is 4.69. The lowest BCUT2D eigenvalue weighted by molar-refractivity contribution is 0.574. The fourth-order valence-corrected chi connectivity index (χ4v) is 2.06. The molecule has 0 aliphatic heterocycles. The van der Waals surface area contributed by atoms with Gasteiger partial charge < -0.3 is 5.32 Å². The second kappa shape index (κ2) is 6.48. The van der Waals surface area contributed by atoms with Crippen molar-refractivity contribution >= 4 is 0 Å². The maximum absolute atomic E-state index is 4.04. The van der Waals surface area contributed by atoms with Crippen LogP contribution < -0.4 is 5.32 Å². The molecule has 19 heavy (non-hydrogen) atoms. The molecular weight excluding hydrogens is 232 g/mol. The molecule has 1 heterocycles. The van der Waals surface area contributed by atoms with Gasteiger partial charge in [0.1, 0.15) is 0 Å². The summed E-state index contributed by atoms with van der Waals surface area (Å²) in [5, 5.41) is 3.54. The molecule has 2 rings (SSSR count). The first-order valence-electron chi connectivity index (χ1n) is 6.89. The van der Waals surface area contributed by atoms with Crippen LogP contribution in [0.15, 0.2) is 48.8 Å². The van der Waals surface area contributed by atoms with E-state index in [0.717, 1.165) is 6.54 Å². The number of benzene rings is 1. The molecule has 2 heteroatoms. The molecule has 0 saturated heterocycles. The quantitative estimate of drug-likeness (QED) is 0.870. The Morgan fingerprint density at radius 3 is 2.11 bits per heavy atom. The monoisotopic (exact) mass is 254 g/mol. The highest BCUT2D eigenvalue weighted by Crippen LogP contribution is 2.16. The zero-order valence-corrected chi connectivity index (χ0v) is 11.9. The number of hydrogen-bond acceptors (Lipinski definition) is 2. The molecule has 2 aromatic rings. The fraction of sp³-hybridized carbons (Fsp3) is 0.353. The number of pyridine rings is 1. The Morgan fingerprint density at radius 1 is 0.895 bits per heavy atom. The van der Waals surface area contributed by atoms with Crippen molar-refractivity contribution in [3.05, 3.63) is 65.5 Å². The number of rotatable bonds is 5. The van der Waals surface area contributed by atoms with E-state index < -0.39 is 0 Å². The maximum atomic E-state index is 4.04. The summed E-state index contributed by atoms with van der Waals surface area (Å²) in [4.78, 5) is 4.04. The third-order valence-electron chi connectivity index (χ3n) is 3.46. The Hall–Kier alpha value is -1.67. The molecule has 0 spiro atoms. The third kappa shape index (κ3) is 3.90. The van der Waals surface area contributed by atoms with Crippen LogP contribution in [0.4, 0.5) is 0 Å². The topological polar surface area (TPSA) is 24.9 Å². The van der Waals surface area contributed by atoms with Gasteiger partial charge >= 0.3 is 0 Å². The van der Waals surface area contributed by atoms with Crippen molar-refractivity contribution in [3.8, 4) is 0 Å². The number of nitrogens with one attached hydrogen (secondary N) is 1. The minimum atomic E-state index is 0.341. The molecular formula is C17H22N2. The van der Waals surface area contributed by atoms with Crippen LogP contribution in [-0.2, 0) is 6.54 Å². The predicted molar refractivity (Wildman–Crippen MR) is 80.0 cm³/mol. The number of nitrogens with zero attached hydrogens (tertiary/aromatic N) is 1. The average molecular weight is 254 g/mol. The van der Waals surface area contributed by atoms with Gasteiger partial charge in [-0.05, 0) is 41.7 Å². The van der Waals surface area contributed by atoms with Crippen LogP contribution in [-0.4, -0.2) is 4.98 Å². The standard InChI is InChI=1S/C17H22N2/c1-13(2)16-6-4-15(5-7-16)12-19-14(3)17-8-10-18-11-9-17/h4-11,13-14,19H,12H2,1-3H3/t14-/m1/s1. The SMILES string of the molecule is CC(C)c1ccc(CN[C@H](C)c2ccncc2)cc1. The van der Waals surface area contributed by atoms with E-state index in [1.165, 1.54) is 16.7 Å². The summed E-state index contributed by atoms with van der Waals surface area (Å²) < 4.78 is 0. The van der Waals surface area contributed by atoms with Crippen LogP contribution in [0.3, 0.4) is 0 Å². The van der Waals surface area contributed by atoms with E-state index in [9.17, 15) is 0 Å². The number of hydrogen-bond donors (Lipinski definition) is 1. The van der Waals surface area contributed by atoms with Crippen LogP contribution >= 0.6 is 0 Å². The Bertz CT molecular complexity index is 488. The van der Waals surface area contributed by atoms with Gasteiger partial charge in [0.15, 0.2) is 0 Å². The first-order valence-corrected chi connectivity index (χ1v) is 6.89. The zero-order valence-electron chi connectivity index (χ0n) is 11.9. The lowest BCUT2D eigenvalue weighted by Crippen LogP contribution is -2.18. The van der Waals surface area contributed by atoms with Gasteiger partial charge in [0.2, 0.25) is 0 Å². The summed E-state index contributed by atoms with van der Waals surface area (Å²) in [6.45, 7) is 7.51. The second-order valence-electron chi connectivity index (χ2n) is 5.28. The van der Waals surface area contributed by atoms with Gasteiger partial charge in [-0.3, -0.25) is 4.98 Å². The minimum absolute atomic E-state index is 0.341. The molecule has 0 radical (unpaired) electrons. The summed E-state index contributed by atoms with van der Waals surface area (Å²) in [7, 11) is 0. The highest BCUT2D eigenvalue weighted by molar-refractivity contribution is 5.25.